The lowest BCUT2D eigenvalue weighted by Crippen LogP contribution is -2.50. The number of aryl methyl sites for hydroxylation is 1. The van der Waals surface area contributed by atoms with Crippen molar-refractivity contribution in [3.8, 4) is 10.7 Å². The van der Waals surface area contributed by atoms with Gasteiger partial charge in [-0.05, 0) is 23.6 Å². The van der Waals surface area contributed by atoms with Gasteiger partial charge in [0.1, 0.15) is 11.6 Å². The fourth-order valence-corrected chi connectivity index (χ4v) is 5.45. The molecule has 0 saturated carbocycles. The molecule has 3 heterocycles. The first-order valence-electron chi connectivity index (χ1n) is 9.44. The Kier molecular flexibility index (Phi) is 6.12. The summed E-state index contributed by atoms with van der Waals surface area (Å²) in [5.74, 6) is -1.66. The first kappa shape index (κ1) is 21.5. The predicted octanol–water partition coefficient (Wildman–Crippen LogP) is 2.54. The number of carbonyl (C=O) groups is 1. The molecule has 12 heteroatoms. The highest BCUT2D eigenvalue weighted by atomic mass is 32.2. The lowest BCUT2D eigenvalue weighted by atomic mass is 10.2. The first-order chi connectivity index (χ1) is 14.9. The summed E-state index contributed by atoms with van der Waals surface area (Å²) in [5.41, 5.74) is 0. The molecule has 0 aliphatic carbocycles. The Hall–Kier alpha value is -2.70. The summed E-state index contributed by atoms with van der Waals surface area (Å²) >= 11 is 1.48. The van der Waals surface area contributed by atoms with Gasteiger partial charge in [0.25, 0.3) is 0 Å². The molecule has 1 aliphatic heterocycles. The molecule has 0 atom stereocenters. The largest absolute Gasteiger partial charge is 0.340 e. The van der Waals surface area contributed by atoms with Gasteiger partial charge in [-0.2, -0.15) is 9.29 Å². The van der Waals surface area contributed by atoms with E-state index in [2.05, 4.69) is 10.1 Å². The van der Waals surface area contributed by atoms with Crippen LogP contribution in [-0.4, -0.2) is 59.8 Å². The van der Waals surface area contributed by atoms with Gasteiger partial charge in [-0.3, -0.25) is 4.79 Å². The molecule has 0 N–H and O–H groups in total. The Balaban J connectivity index is 1.33. The highest BCUT2D eigenvalue weighted by Gasteiger charge is 2.34. The molecule has 0 bridgehead atoms. The van der Waals surface area contributed by atoms with E-state index in [1.807, 2.05) is 17.5 Å². The molecule has 0 spiro atoms. The molecule has 4 rings (SSSR count). The number of thiophene rings is 1. The second-order valence-electron chi connectivity index (χ2n) is 6.82. The molecule has 3 aromatic rings. The quantitative estimate of drug-likeness (QED) is 0.552. The summed E-state index contributed by atoms with van der Waals surface area (Å²) in [6, 6.07) is 6.65. The van der Waals surface area contributed by atoms with E-state index in [9.17, 15) is 22.0 Å². The zero-order valence-electron chi connectivity index (χ0n) is 16.2. The highest BCUT2D eigenvalue weighted by Crippen LogP contribution is 2.24. The van der Waals surface area contributed by atoms with E-state index in [4.69, 9.17) is 4.52 Å². The van der Waals surface area contributed by atoms with Gasteiger partial charge in [0.05, 0.1) is 4.88 Å². The smallest absolute Gasteiger partial charge is 0.249 e. The van der Waals surface area contributed by atoms with Gasteiger partial charge in [0.2, 0.25) is 27.6 Å². The Morgan fingerprint density at radius 2 is 1.81 bits per heavy atom. The van der Waals surface area contributed by atoms with Gasteiger partial charge in [-0.15, -0.1) is 11.3 Å². The molecule has 1 aliphatic rings. The lowest BCUT2D eigenvalue weighted by Gasteiger charge is -2.34. The second-order valence-corrected chi connectivity index (χ2v) is 9.65. The normalized spacial score (nSPS) is 15.4. The third-order valence-electron chi connectivity index (χ3n) is 4.87. The van der Waals surface area contributed by atoms with Crippen LogP contribution < -0.4 is 0 Å². The number of nitrogens with zero attached hydrogens (tertiary/aromatic N) is 4. The van der Waals surface area contributed by atoms with Crippen LogP contribution in [0.25, 0.3) is 10.7 Å². The number of sulfonamides is 1. The maximum atomic E-state index is 13.9. The molecular formula is C19H18F2N4O4S2. The molecule has 1 fully saturated rings. The summed E-state index contributed by atoms with van der Waals surface area (Å²) < 4.78 is 59.3. The molecule has 164 valence electrons. The van der Waals surface area contributed by atoms with Crippen LogP contribution in [0.5, 0.6) is 0 Å². The van der Waals surface area contributed by atoms with Crippen molar-refractivity contribution in [2.75, 3.05) is 26.2 Å². The van der Waals surface area contributed by atoms with Crippen molar-refractivity contribution in [2.24, 2.45) is 0 Å². The van der Waals surface area contributed by atoms with E-state index in [1.165, 1.54) is 16.2 Å². The molecule has 1 amide bonds. The topological polar surface area (TPSA) is 96.6 Å². The van der Waals surface area contributed by atoms with Crippen molar-refractivity contribution in [2.45, 2.75) is 17.7 Å². The van der Waals surface area contributed by atoms with Crippen LogP contribution in [0.3, 0.4) is 0 Å². The number of rotatable bonds is 6. The Morgan fingerprint density at radius 3 is 2.45 bits per heavy atom. The number of aromatic nitrogens is 2. The minimum atomic E-state index is -4.33. The molecular weight excluding hydrogens is 450 g/mol. The van der Waals surface area contributed by atoms with Crippen molar-refractivity contribution >= 4 is 27.3 Å². The number of carbonyl (C=O) groups excluding carboxylic acids is 1. The van der Waals surface area contributed by atoms with Gasteiger partial charge in [-0.25, -0.2) is 17.2 Å². The van der Waals surface area contributed by atoms with E-state index >= 15 is 0 Å². The maximum Gasteiger partial charge on any atom is 0.249 e. The Morgan fingerprint density at radius 1 is 1.10 bits per heavy atom. The third-order valence-corrected chi connectivity index (χ3v) is 7.69. The average Bonchev–Trinajstić information content (AvgIpc) is 3.43. The molecule has 31 heavy (non-hydrogen) atoms. The number of hydrogen-bond acceptors (Lipinski definition) is 7. The fourth-order valence-electron chi connectivity index (χ4n) is 3.27. The minimum absolute atomic E-state index is 0.0507. The summed E-state index contributed by atoms with van der Waals surface area (Å²) in [5, 5.41) is 5.79. The zero-order valence-corrected chi connectivity index (χ0v) is 17.8. The molecule has 2 aromatic heterocycles. The number of hydrogen-bond donors (Lipinski definition) is 0. The van der Waals surface area contributed by atoms with Gasteiger partial charge >= 0.3 is 0 Å². The van der Waals surface area contributed by atoms with Crippen LogP contribution in [0, 0.1) is 11.6 Å². The Labute approximate surface area is 181 Å². The molecule has 0 radical (unpaired) electrons. The Bertz CT molecular complexity index is 1150. The highest BCUT2D eigenvalue weighted by molar-refractivity contribution is 7.89. The minimum Gasteiger partial charge on any atom is -0.340 e. The lowest BCUT2D eigenvalue weighted by molar-refractivity contribution is -0.132. The van der Waals surface area contributed by atoms with Crippen LogP contribution in [0.2, 0.25) is 0 Å². The summed E-state index contributed by atoms with van der Waals surface area (Å²) in [4.78, 5) is 18.2. The van der Waals surface area contributed by atoms with Crippen LogP contribution in [0.15, 0.2) is 45.1 Å². The molecule has 0 unspecified atom stereocenters. The second kappa shape index (κ2) is 8.81. The van der Waals surface area contributed by atoms with Gasteiger partial charge in [0, 0.05) is 39.0 Å². The zero-order chi connectivity index (χ0) is 22.0. The van der Waals surface area contributed by atoms with E-state index in [0.29, 0.717) is 11.7 Å². The number of amides is 1. The molecule has 1 saturated heterocycles. The van der Waals surface area contributed by atoms with Crippen molar-refractivity contribution in [1.29, 1.82) is 0 Å². The van der Waals surface area contributed by atoms with Gasteiger partial charge < -0.3 is 9.42 Å². The number of halogens is 2. The van der Waals surface area contributed by atoms with Crippen LogP contribution in [-0.2, 0) is 21.2 Å². The SMILES string of the molecule is O=C(CCc1nc(-c2cccs2)no1)N1CCN(S(=O)(=O)c2c(F)cccc2F)CC1. The number of benzene rings is 1. The summed E-state index contributed by atoms with van der Waals surface area (Å²) in [6.45, 7) is 0.146. The van der Waals surface area contributed by atoms with E-state index < -0.39 is 26.6 Å². The standard InChI is InChI=1S/C19H18F2N4O4S2/c20-13-3-1-4-14(21)18(13)31(27,28)25-10-8-24(9-11-25)17(26)7-6-16-22-19(23-29-16)15-5-2-12-30-15/h1-5,12H,6-11H2. The van der Waals surface area contributed by atoms with Crippen molar-refractivity contribution in [1.82, 2.24) is 19.3 Å². The molecule has 1 aromatic carbocycles. The summed E-state index contributed by atoms with van der Waals surface area (Å²) in [6.07, 6.45) is 0.386. The monoisotopic (exact) mass is 468 g/mol. The third kappa shape index (κ3) is 4.50. The van der Waals surface area contributed by atoms with Gasteiger partial charge in [0.15, 0.2) is 4.90 Å². The summed E-state index contributed by atoms with van der Waals surface area (Å²) in [7, 11) is -4.33. The average molecular weight is 469 g/mol. The van der Waals surface area contributed by atoms with Crippen molar-refractivity contribution in [3.63, 3.8) is 0 Å². The molecule has 8 nitrogen and oxygen atoms in total. The van der Waals surface area contributed by atoms with Gasteiger partial charge in [-0.1, -0.05) is 17.3 Å². The van der Waals surface area contributed by atoms with Crippen molar-refractivity contribution in [3.05, 3.63) is 53.2 Å². The van der Waals surface area contributed by atoms with Crippen LogP contribution in [0.4, 0.5) is 8.78 Å². The van der Waals surface area contributed by atoms with Crippen molar-refractivity contribution < 1.29 is 26.5 Å². The van der Waals surface area contributed by atoms with Crippen LogP contribution in [0.1, 0.15) is 12.3 Å². The van der Waals surface area contributed by atoms with E-state index in [0.717, 1.165) is 27.4 Å². The van der Waals surface area contributed by atoms with E-state index in [-0.39, 0.29) is 44.9 Å². The predicted molar refractivity (Wildman–Crippen MR) is 108 cm³/mol. The van der Waals surface area contributed by atoms with Crippen LogP contribution >= 0.6 is 11.3 Å². The maximum absolute atomic E-state index is 13.9. The number of piperazine rings is 1. The fraction of sp³-hybridized carbons (Fsp3) is 0.316. The van der Waals surface area contributed by atoms with E-state index in [1.54, 1.807) is 0 Å². The first-order valence-corrected chi connectivity index (χ1v) is 11.8.